The van der Waals surface area contributed by atoms with Crippen molar-refractivity contribution in [3.63, 3.8) is 0 Å². The van der Waals surface area contributed by atoms with Gasteiger partial charge in [-0.05, 0) is 107 Å². The minimum atomic E-state index is 0.631. The molecule has 12 rings (SSSR count). The molecule has 11 aromatic rings. The molecule has 0 saturated carbocycles. The summed E-state index contributed by atoms with van der Waals surface area (Å²) in [7, 11) is 0. The zero-order valence-corrected chi connectivity index (χ0v) is 34.6. The van der Waals surface area contributed by atoms with E-state index in [4.69, 9.17) is 15.0 Å². The molecule has 0 radical (unpaired) electrons. The fraction of sp³-hybridized carbons (Fsp3) is 0. The molecule has 0 fully saturated rings. The maximum Gasteiger partial charge on any atom is 0.164 e. The lowest BCUT2D eigenvalue weighted by molar-refractivity contribution is 1.07. The molecule has 0 amide bonds. The van der Waals surface area contributed by atoms with E-state index in [1.165, 1.54) is 60.5 Å². The number of benzene rings is 10. The van der Waals surface area contributed by atoms with Crippen LogP contribution in [0, 0.1) is 11.3 Å². The van der Waals surface area contributed by atoms with E-state index >= 15 is 0 Å². The van der Waals surface area contributed by atoms with Crippen LogP contribution in [0.15, 0.2) is 218 Å². The third-order valence-electron chi connectivity index (χ3n) is 12.6. The van der Waals surface area contributed by atoms with Crippen molar-refractivity contribution < 1.29 is 0 Å². The average molecular weight is 813 g/mol. The fourth-order valence-corrected chi connectivity index (χ4v) is 9.49. The molecular weight excluding hydrogens is 777 g/mol. The fourth-order valence-electron chi connectivity index (χ4n) is 9.49. The van der Waals surface area contributed by atoms with Crippen molar-refractivity contribution in [1.29, 1.82) is 5.26 Å². The number of nitriles is 1. The molecule has 1 aliphatic rings. The number of nitrogens with zero attached hydrogens (tertiary/aromatic N) is 4. The predicted molar refractivity (Wildman–Crippen MR) is 262 cm³/mol. The maximum absolute atomic E-state index is 9.44. The Morgan fingerprint density at radius 2 is 0.672 bits per heavy atom. The summed E-state index contributed by atoms with van der Waals surface area (Å²) in [5.74, 6) is 1.92. The monoisotopic (exact) mass is 812 g/mol. The number of aromatic nitrogens is 3. The quantitative estimate of drug-likeness (QED) is 0.161. The van der Waals surface area contributed by atoms with Crippen molar-refractivity contribution in [3.05, 3.63) is 224 Å². The highest BCUT2D eigenvalue weighted by atomic mass is 15.0. The first kappa shape index (κ1) is 37.0. The Hall–Kier alpha value is -8.78. The summed E-state index contributed by atoms with van der Waals surface area (Å²) in [4.78, 5) is 14.8. The number of rotatable bonds is 7. The Labute approximate surface area is 371 Å². The van der Waals surface area contributed by atoms with Crippen LogP contribution in [0.3, 0.4) is 0 Å². The van der Waals surface area contributed by atoms with Gasteiger partial charge in [0.05, 0.1) is 11.6 Å². The van der Waals surface area contributed by atoms with Crippen LogP contribution in [0.2, 0.25) is 0 Å². The van der Waals surface area contributed by atoms with E-state index < -0.39 is 0 Å². The Bertz CT molecular complexity index is 3560. The van der Waals surface area contributed by atoms with Gasteiger partial charge in [-0.3, -0.25) is 0 Å². The van der Waals surface area contributed by atoms with Gasteiger partial charge in [0.25, 0.3) is 0 Å². The second kappa shape index (κ2) is 15.3. The second-order valence-electron chi connectivity index (χ2n) is 16.2. The Kier molecular flexibility index (Phi) is 8.84. The molecule has 4 nitrogen and oxygen atoms in total. The van der Waals surface area contributed by atoms with Crippen molar-refractivity contribution in [3.8, 4) is 107 Å². The maximum atomic E-state index is 9.44. The molecule has 0 N–H and O–H groups in total. The lowest BCUT2D eigenvalue weighted by Gasteiger charge is -2.18. The van der Waals surface area contributed by atoms with E-state index in [1.54, 1.807) is 0 Å². The second-order valence-corrected chi connectivity index (χ2v) is 16.2. The minimum absolute atomic E-state index is 0.631. The first-order valence-corrected chi connectivity index (χ1v) is 21.5. The van der Waals surface area contributed by atoms with Gasteiger partial charge in [0, 0.05) is 16.7 Å². The lowest BCUT2D eigenvalue weighted by Crippen LogP contribution is -2.00. The molecule has 64 heavy (non-hydrogen) atoms. The zero-order valence-electron chi connectivity index (χ0n) is 34.6. The van der Waals surface area contributed by atoms with Gasteiger partial charge in [-0.15, -0.1) is 0 Å². The van der Waals surface area contributed by atoms with Gasteiger partial charge in [-0.2, -0.15) is 5.26 Å². The van der Waals surface area contributed by atoms with E-state index in [0.29, 0.717) is 23.0 Å². The predicted octanol–water partition coefficient (Wildman–Crippen LogP) is 15.4. The van der Waals surface area contributed by atoms with Gasteiger partial charge in [-0.25, -0.2) is 15.0 Å². The van der Waals surface area contributed by atoms with Crippen LogP contribution in [0.4, 0.5) is 0 Å². The van der Waals surface area contributed by atoms with Gasteiger partial charge in [0.1, 0.15) is 0 Å². The van der Waals surface area contributed by atoms with Crippen molar-refractivity contribution in [2.45, 2.75) is 0 Å². The smallest absolute Gasteiger partial charge is 0.164 e. The number of hydrogen-bond acceptors (Lipinski definition) is 4. The molecule has 0 saturated heterocycles. The summed E-state index contributed by atoms with van der Waals surface area (Å²) in [5.41, 5.74) is 17.7. The molecule has 0 unspecified atom stereocenters. The van der Waals surface area contributed by atoms with Crippen LogP contribution in [-0.2, 0) is 0 Å². The first-order chi connectivity index (χ1) is 31.7. The van der Waals surface area contributed by atoms with Crippen LogP contribution in [0.5, 0.6) is 0 Å². The van der Waals surface area contributed by atoms with Crippen molar-refractivity contribution in [2.75, 3.05) is 0 Å². The number of fused-ring (bicyclic) bond motifs is 4. The molecule has 0 spiro atoms. The Balaban J connectivity index is 0.990. The molecule has 296 valence electrons. The molecule has 1 aliphatic carbocycles. The van der Waals surface area contributed by atoms with E-state index in [0.717, 1.165) is 44.5 Å². The van der Waals surface area contributed by atoms with Crippen LogP contribution >= 0.6 is 0 Å². The highest BCUT2D eigenvalue weighted by Gasteiger charge is 2.26. The van der Waals surface area contributed by atoms with E-state index in [1.807, 2.05) is 84.9 Å². The zero-order chi connectivity index (χ0) is 42.6. The van der Waals surface area contributed by atoms with E-state index in [9.17, 15) is 5.26 Å². The van der Waals surface area contributed by atoms with Gasteiger partial charge < -0.3 is 0 Å². The summed E-state index contributed by atoms with van der Waals surface area (Å²) in [6, 6.07) is 79.0. The van der Waals surface area contributed by atoms with Crippen molar-refractivity contribution in [1.82, 2.24) is 15.0 Å². The summed E-state index contributed by atoms with van der Waals surface area (Å²) in [6.07, 6.45) is 0. The largest absolute Gasteiger partial charge is 0.208 e. The van der Waals surface area contributed by atoms with E-state index in [-0.39, 0.29) is 0 Å². The summed E-state index contributed by atoms with van der Waals surface area (Å²) >= 11 is 0. The Morgan fingerprint density at radius 1 is 0.266 bits per heavy atom. The molecular formula is C60H36N4. The van der Waals surface area contributed by atoms with Crippen LogP contribution < -0.4 is 0 Å². The van der Waals surface area contributed by atoms with E-state index in [2.05, 4.69) is 140 Å². The normalized spacial score (nSPS) is 11.4. The lowest BCUT2D eigenvalue weighted by atomic mass is 9.85. The van der Waals surface area contributed by atoms with Gasteiger partial charge in [0.15, 0.2) is 17.5 Å². The highest BCUT2D eigenvalue weighted by Crippen LogP contribution is 2.53. The average Bonchev–Trinajstić information content (AvgIpc) is 3.71. The summed E-state index contributed by atoms with van der Waals surface area (Å²) in [6.45, 7) is 0. The van der Waals surface area contributed by atoms with Crippen LogP contribution in [0.1, 0.15) is 5.56 Å². The molecule has 0 bridgehead atoms. The van der Waals surface area contributed by atoms with Crippen LogP contribution in [-0.4, -0.2) is 15.0 Å². The molecule has 0 aliphatic heterocycles. The van der Waals surface area contributed by atoms with Gasteiger partial charge in [-0.1, -0.05) is 200 Å². The standard InChI is InChI=1S/C60H36N4/c61-37-38-22-24-39(25-23-38)44-16-11-17-45(36-44)47-31-33-53-50-20-9-10-21-51(50)54-34-35-55(56(47)57(53)54)52-32-30-46(48-18-7-8-19-49(48)52)40-26-28-43(29-27-40)60-63-58(41-12-3-1-4-13-41)62-59(64-60)42-14-5-2-6-15-42/h1-36H. The summed E-state index contributed by atoms with van der Waals surface area (Å²) < 4.78 is 0. The third-order valence-corrected chi connectivity index (χ3v) is 12.6. The van der Waals surface area contributed by atoms with Crippen molar-refractivity contribution in [2.24, 2.45) is 0 Å². The molecule has 1 heterocycles. The summed E-state index contributed by atoms with van der Waals surface area (Å²) in [5, 5.41) is 14.3. The topological polar surface area (TPSA) is 62.5 Å². The Morgan fingerprint density at radius 3 is 1.27 bits per heavy atom. The minimum Gasteiger partial charge on any atom is -0.208 e. The first-order valence-electron chi connectivity index (χ1n) is 21.5. The molecule has 1 aromatic heterocycles. The van der Waals surface area contributed by atoms with Crippen LogP contribution in [0.25, 0.3) is 122 Å². The third kappa shape index (κ3) is 6.26. The molecule has 10 aromatic carbocycles. The molecule has 4 heteroatoms. The van der Waals surface area contributed by atoms with Gasteiger partial charge >= 0.3 is 0 Å². The molecule has 0 atom stereocenters. The SMILES string of the molecule is N#Cc1ccc(-c2cccc(-c3ccc4c5c(ccc(-c6ccc(-c7ccc(-c8nc(-c9ccccc9)nc(-c9ccccc9)n8)cc7)c7ccccc67)c35)-c3ccccc3-4)c2)cc1. The number of hydrogen-bond donors (Lipinski definition) is 0. The highest BCUT2D eigenvalue weighted by molar-refractivity contribution is 6.24. The van der Waals surface area contributed by atoms with Crippen molar-refractivity contribution >= 4 is 21.5 Å². The van der Waals surface area contributed by atoms with Gasteiger partial charge in [0.2, 0.25) is 0 Å².